The molecule has 2 aliphatic rings. The van der Waals surface area contributed by atoms with Crippen molar-refractivity contribution in [3.63, 3.8) is 0 Å². The average molecular weight is 656 g/mol. The van der Waals surface area contributed by atoms with Crippen LogP contribution in [0.1, 0.15) is 6.23 Å². The van der Waals surface area contributed by atoms with Gasteiger partial charge in [0.05, 0.1) is 20.4 Å². The minimum Gasteiger partial charge on any atom is -0.443 e. The number of hydrogen-bond acceptors (Lipinski definition) is 17. The van der Waals surface area contributed by atoms with Crippen LogP contribution in [0.3, 0.4) is 0 Å². The highest BCUT2D eigenvalue weighted by atomic mass is 32.2. The maximum atomic E-state index is 12.4. The molecule has 4 heterocycles. The van der Waals surface area contributed by atoms with Gasteiger partial charge in [-0.3, -0.25) is 18.0 Å². The van der Waals surface area contributed by atoms with Crippen LogP contribution in [-0.4, -0.2) is 92.4 Å². The van der Waals surface area contributed by atoms with Crippen molar-refractivity contribution >= 4 is 59.0 Å². The smallest absolute Gasteiger partial charge is 0.344 e. The summed E-state index contributed by atoms with van der Waals surface area (Å²) in [6.07, 6.45) is -0.396. The Morgan fingerprint density at radius 1 is 1.12 bits per heavy atom. The van der Waals surface area contributed by atoms with Gasteiger partial charge in [-0.15, -0.1) is 0 Å². The van der Waals surface area contributed by atoms with Crippen LogP contribution < -0.4 is 30.3 Å². The Kier molecular flexibility index (Phi) is 14.0. The second-order valence-electron chi connectivity index (χ2n) is 7.57. The van der Waals surface area contributed by atoms with E-state index in [0.29, 0.717) is 16.3 Å². The molecule has 21 nitrogen and oxygen atoms in total. The van der Waals surface area contributed by atoms with Crippen molar-refractivity contribution in [3.8, 4) is 0 Å². The minimum atomic E-state index is -5.06. The number of fused-ring (bicyclic) bond motifs is 2. The van der Waals surface area contributed by atoms with Crippen LogP contribution in [0, 0.1) is 0 Å². The topological polar surface area (TPSA) is 378 Å². The molecule has 3 radical (unpaired) electrons. The number of thioether (sulfide) groups is 1. The first-order valence-electron chi connectivity index (χ1n) is 9.86. The van der Waals surface area contributed by atoms with E-state index in [4.69, 9.17) is 46.6 Å². The van der Waals surface area contributed by atoms with Crippen LogP contribution in [-0.2, 0) is 41.5 Å². The van der Waals surface area contributed by atoms with E-state index in [1.807, 2.05) is 0 Å². The normalized spacial score (nSPS) is 26.8. The molecule has 0 saturated carbocycles. The third-order valence-corrected chi connectivity index (χ3v) is 10.8. The molecule has 0 amide bonds. The summed E-state index contributed by atoms with van der Waals surface area (Å²) >= 11 is 1.26. The molecule has 2 aliphatic heterocycles. The number of rotatable bonds is 10. The number of methoxy groups -OCH3 is 1. The fraction of sp³-hybridized carbons (Fsp3) is 0.643. The molecule has 4 rings (SSSR count). The predicted molar refractivity (Wildman–Crippen MR) is 144 cm³/mol. The number of quaternary nitrogens is 1. The van der Waals surface area contributed by atoms with Crippen LogP contribution in [0.25, 0.3) is 11.2 Å². The van der Waals surface area contributed by atoms with E-state index in [1.165, 1.54) is 29.8 Å². The van der Waals surface area contributed by atoms with E-state index in [2.05, 4.69) is 19.3 Å². The molecule has 0 spiro atoms. The van der Waals surface area contributed by atoms with Crippen molar-refractivity contribution in [2.45, 2.75) is 36.2 Å². The Morgan fingerprint density at radius 3 is 2.33 bits per heavy atom. The van der Waals surface area contributed by atoms with E-state index in [9.17, 15) is 18.6 Å². The fourth-order valence-corrected chi connectivity index (χ4v) is 8.47. The molecule has 0 aliphatic carbocycles. The molecule has 26 heteroatoms. The number of anilines is 1. The lowest BCUT2D eigenvalue weighted by Crippen LogP contribution is -2.31. The fourth-order valence-electron chi connectivity index (χ4n) is 3.61. The Balaban J connectivity index is 0.00000380. The van der Waals surface area contributed by atoms with Crippen LogP contribution in [0.2, 0.25) is 0 Å². The summed E-state index contributed by atoms with van der Waals surface area (Å²) in [6.45, 7) is -1.66. The van der Waals surface area contributed by atoms with Crippen molar-refractivity contribution in [1.29, 1.82) is 0 Å². The molecule has 3 unspecified atom stereocenters. The van der Waals surface area contributed by atoms with Gasteiger partial charge in [-0.25, -0.2) is 15.0 Å². The lowest BCUT2D eigenvalue weighted by Gasteiger charge is -2.30. The summed E-state index contributed by atoms with van der Waals surface area (Å²) in [5.74, 6) is -1.44. The summed E-state index contributed by atoms with van der Waals surface area (Å²) < 4.78 is 68.7. The van der Waals surface area contributed by atoms with Gasteiger partial charge in [0, 0.05) is 7.11 Å². The first kappa shape index (κ1) is 38.9. The Morgan fingerprint density at radius 2 is 1.75 bits per heavy atom. The molecule has 231 valence electrons. The van der Waals surface area contributed by atoms with Gasteiger partial charge in [-0.2, -0.15) is 0 Å². The zero-order chi connectivity index (χ0) is 26.5. The van der Waals surface area contributed by atoms with E-state index >= 15 is 0 Å². The maximum Gasteiger partial charge on any atom is 0.344 e. The zero-order valence-corrected chi connectivity index (χ0v) is 25.2. The van der Waals surface area contributed by atoms with E-state index in [-0.39, 0.29) is 30.4 Å². The van der Waals surface area contributed by atoms with E-state index in [1.54, 1.807) is 6.26 Å². The number of aromatic nitrogens is 4. The van der Waals surface area contributed by atoms with Crippen LogP contribution in [0.5, 0.6) is 0 Å². The van der Waals surface area contributed by atoms with Gasteiger partial charge in [0.2, 0.25) is 0 Å². The Labute approximate surface area is 233 Å². The molecular weight excluding hydrogens is 622 g/mol. The quantitative estimate of drug-likeness (QED) is 0.0771. The van der Waals surface area contributed by atoms with E-state index < -0.39 is 66.2 Å². The lowest BCUT2D eigenvalue weighted by atomic mass is 10.1. The molecule has 0 aromatic carbocycles. The minimum absolute atomic E-state index is 0. The van der Waals surface area contributed by atoms with Crippen molar-refractivity contribution in [3.05, 3.63) is 6.33 Å². The standard InChI is InChI=1S/C14H21BN5O12P3S.4H3N/c1-27-14-30-8-6(3-28-35(15,26)32-34(24,25)5-33(21,22)23)29-12(9(8)31-14)20-4-17-7-10(16)18-13(36-2)19-11(7)20;;;;/h4,6,8-9,12,14H,3,5H2,1-2H3,(H,24,25)(H2,16,18,19)(H2,21,22,23);4*1H3/q-1;;;;/p+1/t6-,8-,9-,12-,14?,35?;;;;/m1..../s1. The maximum absolute atomic E-state index is 12.4. The first-order chi connectivity index (χ1) is 16.7. The average Bonchev–Trinajstić information content (AvgIpc) is 3.43. The van der Waals surface area contributed by atoms with E-state index in [0.717, 1.165) is 0 Å². The van der Waals surface area contributed by atoms with Crippen molar-refractivity contribution in [1.82, 2.24) is 44.1 Å². The molecular formula is C14H34BN9O12P3S. The second kappa shape index (κ2) is 14.4. The second-order valence-corrected chi connectivity index (χ2v) is 14.1. The van der Waals surface area contributed by atoms with Crippen LogP contribution >= 0.6 is 34.4 Å². The molecule has 2 saturated heterocycles. The molecule has 2 aromatic rings. The highest BCUT2D eigenvalue weighted by Crippen LogP contribution is 2.64. The number of ether oxygens (including phenoxy) is 4. The van der Waals surface area contributed by atoms with Gasteiger partial charge in [0.1, 0.15) is 23.8 Å². The van der Waals surface area contributed by atoms with Crippen LogP contribution in [0.15, 0.2) is 11.5 Å². The number of nitrogens with zero attached hydrogens (tertiary/aromatic N) is 4. The monoisotopic (exact) mass is 656 g/mol. The van der Waals surface area contributed by atoms with Gasteiger partial charge in [0.25, 0.3) is 6.48 Å². The van der Waals surface area contributed by atoms with Gasteiger partial charge >= 0.3 is 15.2 Å². The van der Waals surface area contributed by atoms with Gasteiger partial charge < -0.3 is 80.6 Å². The summed E-state index contributed by atoms with van der Waals surface area (Å²) in [4.78, 5) is 40.2. The summed E-state index contributed by atoms with van der Waals surface area (Å²) in [6, 6.07) is 0. The summed E-state index contributed by atoms with van der Waals surface area (Å²) in [5, 5.41) is 0.388. The molecule has 7 atom stereocenters. The van der Waals surface area contributed by atoms with Gasteiger partial charge in [-0.05, 0) is 6.26 Å². The lowest BCUT2D eigenvalue weighted by molar-refractivity contribution is -0.256. The van der Waals surface area contributed by atoms with Crippen molar-refractivity contribution in [2.24, 2.45) is 0 Å². The zero-order valence-electron chi connectivity index (χ0n) is 21.7. The number of hydrogen-bond donors (Lipinski definition) is 8. The van der Waals surface area contributed by atoms with Gasteiger partial charge in [0.15, 0.2) is 28.8 Å². The van der Waals surface area contributed by atoms with Gasteiger partial charge in [-0.1, -0.05) is 11.8 Å². The number of imidazole rings is 1. The molecule has 40 heavy (non-hydrogen) atoms. The SMILES string of the molecule is N.N.N.[B-]P(=O)(OC[C@H]1O[C@@H](n2cnc3c(N)nc(SC)nc32)[C@@H]2OC(OC)O[C@@H]21)OP(=O)(O)CP(=O)(O)O.[NH4+]. The molecule has 2 fully saturated rings. The number of nitrogen functional groups attached to an aromatic ring is 1. The first-order valence-corrected chi connectivity index (χ1v) is 16.3. The highest BCUT2D eigenvalue weighted by Gasteiger charge is 2.54. The Bertz CT molecular complexity index is 1290. The van der Waals surface area contributed by atoms with Crippen LogP contribution in [0.4, 0.5) is 5.82 Å². The summed E-state index contributed by atoms with van der Waals surface area (Å²) in [5.41, 5.74) is 6.64. The highest BCUT2D eigenvalue weighted by molar-refractivity contribution is 7.98. The van der Waals surface area contributed by atoms with Crippen molar-refractivity contribution in [2.75, 3.05) is 31.6 Å². The Hall–Kier alpha value is -1.07. The predicted octanol–water partition coefficient (Wildman–Crippen LogP) is 1.23. The molecule has 0 bridgehead atoms. The number of nitrogens with two attached hydrogens (primary N) is 1. The van der Waals surface area contributed by atoms with Crippen molar-refractivity contribution < 1.29 is 56.2 Å². The molecule has 2 aromatic heterocycles. The largest absolute Gasteiger partial charge is 0.443 e. The third-order valence-electron chi connectivity index (χ3n) is 4.92. The molecule has 18 N–H and O–H groups in total. The summed E-state index contributed by atoms with van der Waals surface area (Å²) in [7, 11) is -8.09. The third kappa shape index (κ3) is 8.73.